The quantitative estimate of drug-likeness (QED) is 0.313. The molecule has 0 aliphatic heterocycles. The molecule has 168 valence electrons. The van der Waals surface area contributed by atoms with Crippen LogP contribution in [0.1, 0.15) is 59.5 Å². The van der Waals surface area contributed by atoms with Gasteiger partial charge in [0.15, 0.2) is 0 Å². The van der Waals surface area contributed by atoms with Crippen molar-refractivity contribution < 1.29 is 0 Å². The van der Waals surface area contributed by atoms with Crippen LogP contribution in [-0.2, 0) is 10.8 Å². The summed E-state index contributed by atoms with van der Waals surface area (Å²) in [7, 11) is 0. The van der Waals surface area contributed by atoms with Gasteiger partial charge in [-0.25, -0.2) is 9.97 Å². The third-order valence-corrected chi connectivity index (χ3v) is 6.62. The van der Waals surface area contributed by atoms with Crippen LogP contribution in [0.5, 0.6) is 0 Å². The highest BCUT2D eigenvalue weighted by atomic mass is 14.9. The highest BCUT2D eigenvalue weighted by Gasteiger charge is 2.20. The minimum Gasteiger partial charge on any atom is -0.342 e. The van der Waals surface area contributed by atoms with Crippen molar-refractivity contribution in [1.82, 2.24) is 24.9 Å². The van der Waals surface area contributed by atoms with Crippen molar-refractivity contribution in [3.05, 3.63) is 66.2 Å². The number of nitrogens with zero attached hydrogens (tertiary/aromatic N) is 3. The van der Waals surface area contributed by atoms with Gasteiger partial charge >= 0.3 is 0 Å². The minimum atomic E-state index is -0.0102. The number of aromatic nitrogens is 5. The van der Waals surface area contributed by atoms with Crippen LogP contribution in [0.3, 0.4) is 0 Å². The lowest BCUT2D eigenvalue weighted by Gasteiger charge is -2.21. The summed E-state index contributed by atoms with van der Waals surface area (Å²) in [5, 5.41) is 0. The molecule has 0 amide bonds. The summed E-state index contributed by atoms with van der Waals surface area (Å²) in [5.41, 5.74) is 8.48. The second kappa shape index (κ2) is 7.55. The lowest BCUT2D eigenvalue weighted by atomic mass is 9.86. The number of aromatic amines is 2. The molecule has 2 aromatic carbocycles. The van der Waals surface area contributed by atoms with Gasteiger partial charge in [-0.05, 0) is 53.9 Å². The highest BCUT2D eigenvalue weighted by molar-refractivity contribution is 5.87. The van der Waals surface area contributed by atoms with E-state index in [4.69, 9.17) is 15.0 Å². The number of hydrogen-bond acceptors (Lipinski definition) is 3. The summed E-state index contributed by atoms with van der Waals surface area (Å²) in [6, 6.07) is 17.0. The summed E-state index contributed by atoms with van der Waals surface area (Å²) < 4.78 is 0. The van der Waals surface area contributed by atoms with Crippen LogP contribution in [0.2, 0.25) is 0 Å². The number of nitrogens with one attached hydrogen (secondary N) is 2. The fraction of sp³-hybridized carbons (Fsp3) is 0.321. The molecular formula is C28H31N5. The zero-order valence-electron chi connectivity index (χ0n) is 20.2. The number of pyridine rings is 1. The molecule has 3 heterocycles. The molecule has 0 aliphatic rings. The number of imidazole rings is 2. The number of H-pyrrole nitrogens is 2. The molecule has 5 nitrogen and oxygen atoms in total. The van der Waals surface area contributed by atoms with Crippen LogP contribution in [0.15, 0.2) is 54.7 Å². The lowest BCUT2D eigenvalue weighted by Crippen LogP contribution is -2.17. The smallest absolute Gasteiger partial charge is 0.140 e. The zero-order valence-corrected chi connectivity index (χ0v) is 20.2. The molecule has 2 N–H and O–H groups in total. The van der Waals surface area contributed by atoms with Crippen LogP contribution in [0, 0.1) is 0 Å². The van der Waals surface area contributed by atoms with Gasteiger partial charge in [0.05, 0.1) is 22.1 Å². The number of benzene rings is 2. The van der Waals surface area contributed by atoms with E-state index < -0.39 is 0 Å². The molecule has 0 atom stereocenters. The van der Waals surface area contributed by atoms with E-state index in [2.05, 4.69) is 100 Å². The van der Waals surface area contributed by atoms with E-state index in [1.807, 2.05) is 6.20 Å². The summed E-state index contributed by atoms with van der Waals surface area (Å²) in [6.07, 6.45) is 2.97. The fourth-order valence-corrected chi connectivity index (χ4v) is 3.99. The van der Waals surface area contributed by atoms with Crippen molar-refractivity contribution in [3.8, 4) is 22.5 Å². The molecule has 0 fully saturated rings. The Bertz CT molecular complexity index is 1450. The van der Waals surface area contributed by atoms with Gasteiger partial charge in [0.25, 0.3) is 0 Å². The van der Waals surface area contributed by atoms with Gasteiger partial charge in [-0.3, -0.25) is 4.98 Å². The first-order valence-electron chi connectivity index (χ1n) is 11.6. The van der Waals surface area contributed by atoms with Crippen LogP contribution in [-0.4, -0.2) is 24.9 Å². The molecule has 0 spiro atoms. The summed E-state index contributed by atoms with van der Waals surface area (Å²) in [4.78, 5) is 21.2. The van der Waals surface area contributed by atoms with Crippen LogP contribution in [0.4, 0.5) is 0 Å². The predicted octanol–water partition coefficient (Wildman–Crippen LogP) is 7.15. The SMILES string of the molecule is CCC(C)(C)c1ccc(-c2nc3ccc(-c4ccc5nc(C(C)(C)C)[nH]c5c4)cc3[nH]2)cn1. The zero-order chi connectivity index (χ0) is 23.4. The van der Waals surface area contributed by atoms with Crippen LogP contribution >= 0.6 is 0 Å². The standard InChI is InChI=1S/C28H31N5/c1-7-28(5,6)24-13-10-19(16-29-24)25-30-20-11-8-17(14-22(20)31-25)18-9-12-21-23(15-18)33-26(32-21)27(2,3)4/h8-16H,7H2,1-6H3,(H,30,31)(H,32,33). The van der Waals surface area contributed by atoms with Crippen LogP contribution < -0.4 is 0 Å². The summed E-state index contributed by atoms with van der Waals surface area (Å²) in [5.74, 6) is 1.85. The topological polar surface area (TPSA) is 70.2 Å². The normalized spacial score (nSPS) is 12.7. The van der Waals surface area contributed by atoms with E-state index in [1.165, 1.54) is 0 Å². The third-order valence-electron chi connectivity index (χ3n) is 6.62. The fourth-order valence-electron chi connectivity index (χ4n) is 3.99. The van der Waals surface area contributed by atoms with E-state index in [0.29, 0.717) is 0 Å². The van der Waals surface area contributed by atoms with Gasteiger partial charge in [-0.1, -0.05) is 53.7 Å². The maximum absolute atomic E-state index is 4.80. The molecule has 5 aromatic rings. The second-order valence-corrected chi connectivity index (χ2v) is 10.6. The van der Waals surface area contributed by atoms with E-state index in [-0.39, 0.29) is 10.8 Å². The van der Waals surface area contributed by atoms with Crippen molar-refractivity contribution in [2.24, 2.45) is 0 Å². The van der Waals surface area contributed by atoms with Gasteiger partial charge in [0.1, 0.15) is 11.6 Å². The van der Waals surface area contributed by atoms with Gasteiger partial charge in [-0.2, -0.15) is 0 Å². The van der Waals surface area contributed by atoms with Crippen LogP contribution in [0.25, 0.3) is 44.6 Å². The molecule has 3 aromatic heterocycles. The van der Waals surface area contributed by atoms with E-state index in [1.54, 1.807) is 0 Å². The number of hydrogen-bond donors (Lipinski definition) is 2. The molecule has 33 heavy (non-hydrogen) atoms. The van der Waals surface area contributed by atoms with E-state index in [9.17, 15) is 0 Å². The first-order chi connectivity index (χ1) is 15.6. The molecule has 5 heteroatoms. The van der Waals surface area contributed by atoms with Gasteiger partial charge < -0.3 is 9.97 Å². The molecule has 0 aliphatic carbocycles. The van der Waals surface area contributed by atoms with E-state index in [0.717, 1.165) is 62.5 Å². The molecule has 0 bridgehead atoms. The molecule has 5 rings (SSSR count). The predicted molar refractivity (Wildman–Crippen MR) is 136 cm³/mol. The van der Waals surface area contributed by atoms with Gasteiger partial charge in [0, 0.05) is 28.3 Å². The molecular weight excluding hydrogens is 406 g/mol. The van der Waals surface area contributed by atoms with Gasteiger partial charge in [0.2, 0.25) is 0 Å². The largest absolute Gasteiger partial charge is 0.342 e. The second-order valence-electron chi connectivity index (χ2n) is 10.6. The Morgan fingerprint density at radius 3 is 1.91 bits per heavy atom. The van der Waals surface area contributed by atoms with Crippen molar-refractivity contribution in [2.45, 2.75) is 58.8 Å². The van der Waals surface area contributed by atoms with E-state index >= 15 is 0 Å². The molecule has 0 saturated heterocycles. The third kappa shape index (κ3) is 3.92. The molecule has 0 radical (unpaired) electrons. The average Bonchev–Trinajstić information content (AvgIpc) is 3.42. The monoisotopic (exact) mass is 437 g/mol. The van der Waals surface area contributed by atoms with Crippen molar-refractivity contribution in [3.63, 3.8) is 0 Å². The first-order valence-corrected chi connectivity index (χ1v) is 11.6. The average molecular weight is 438 g/mol. The highest BCUT2D eigenvalue weighted by Crippen LogP contribution is 2.30. The maximum atomic E-state index is 4.80. The Labute approximate surface area is 194 Å². The minimum absolute atomic E-state index is 0.0102. The lowest BCUT2D eigenvalue weighted by molar-refractivity contribution is 0.490. The Hall–Kier alpha value is -3.47. The van der Waals surface area contributed by atoms with Gasteiger partial charge in [-0.15, -0.1) is 0 Å². The molecule has 0 saturated carbocycles. The Morgan fingerprint density at radius 1 is 0.727 bits per heavy atom. The number of fused-ring (bicyclic) bond motifs is 2. The summed E-state index contributed by atoms with van der Waals surface area (Å²) in [6.45, 7) is 13.2. The van der Waals surface area contributed by atoms with Crippen molar-refractivity contribution in [1.29, 1.82) is 0 Å². The van der Waals surface area contributed by atoms with Crippen molar-refractivity contribution in [2.75, 3.05) is 0 Å². The Kier molecular flexibility index (Phi) is 4.89. The van der Waals surface area contributed by atoms with Crippen molar-refractivity contribution >= 4 is 22.1 Å². The first kappa shape index (κ1) is 21.4. The Morgan fingerprint density at radius 2 is 1.33 bits per heavy atom. The molecule has 0 unspecified atom stereocenters. The number of rotatable bonds is 4. The maximum Gasteiger partial charge on any atom is 0.140 e. The Balaban J connectivity index is 1.48. The summed E-state index contributed by atoms with van der Waals surface area (Å²) >= 11 is 0.